The molecule has 15 heavy (non-hydrogen) atoms. The lowest BCUT2D eigenvalue weighted by Gasteiger charge is -2.15. The highest BCUT2D eigenvalue weighted by Gasteiger charge is 2.08. The predicted molar refractivity (Wildman–Crippen MR) is 68.8 cm³/mol. The molecule has 0 aliphatic rings. The van der Waals surface area contributed by atoms with Gasteiger partial charge in [-0.3, -0.25) is 0 Å². The van der Waals surface area contributed by atoms with Crippen LogP contribution in [0.2, 0.25) is 0 Å². The van der Waals surface area contributed by atoms with Crippen LogP contribution in [0.25, 0.3) is 0 Å². The highest BCUT2D eigenvalue weighted by molar-refractivity contribution is 8.67. The Morgan fingerprint density at radius 3 is 2.33 bits per heavy atom. The first-order valence-corrected chi connectivity index (χ1v) is 7.72. The van der Waals surface area contributed by atoms with Gasteiger partial charge in [0.25, 0.3) is 0 Å². The van der Waals surface area contributed by atoms with Crippen molar-refractivity contribution in [3.8, 4) is 0 Å². The van der Waals surface area contributed by atoms with Crippen molar-refractivity contribution in [2.75, 3.05) is 13.1 Å². The van der Waals surface area contributed by atoms with Crippen molar-refractivity contribution >= 4 is 20.8 Å². The van der Waals surface area contributed by atoms with Crippen LogP contribution in [0.3, 0.4) is 0 Å². The van der Waals surface area contributed by atoms with E-state index >= 15 is 0 Å². The van der Waals surface area contributed by atoms with E-state index in [0.717, 1.165) is 18.8 Å². The lowest BCUT2D eigenvalue weighted by Crippen LogP contribution is -2.23. The highest BCUT2D eigenvalue weighted by Crippen LogP contribution is 2.18. The molecular formula is C11H17NOS2. The summed E-state index contributed by atoms with van der Waals surface area (Å²) in [4.78, 5) is 0. The maximum Gasteiger partial charge on any atom is 0.156 e. The van der Waals surface area contributed by atoms with E-state index in [-0.39, 0.29) is 0 Å². The average molecular weight is 243 g/mol. The molecule has 0 aliphatic carbocycles. The first-order valence-electron chi connectivity index (χ1n) is 5.12. The molecule has 0 saturated carbocycles. The molecule has 4 heteroatoms. The summed E-state index contributed by atoms with van der Waals surface area (Å²) in [5, 5.41) is 0. The van der Waals surface area contributed by atoms with Crippen LogP contribution >= 0.6 is 10.8 Å². The molecule has 1 rings (SSSR count). The quantitative estimate of drug-likeness (QED) is 0.716. The zero-order chi connectivity index (χ0) is 11.1. The van der Waals surface area contributed by atoms with Crippen LogP contribution in [-0.4, -0.2) is 21.6 Å². The van der Waals surface area contributed by atoms with Crippen LogP contribution in [0.5, 0.6) is 0 Å². The topological polar surface area (TPSA) is 20.3 Å². The number of hydrogen-bond donors (Lipinski definition) is 0. The Labute approximate surface area is 98.0 Å². The maximum absolute atomic E-state index is 11.8. The fourth-order valence-corrected chi connectivity index (χ4v) is 3.99. The van der Waals surface area contributed by atoms with E-state index in [1.807, 2.05) is 36.4 Å². The van der Waals surface area contributed by atoms with Gasteiger partial charge >= 0.3 is 0 Å². The molecule has 1 atom stereocenters. The summed E-state index contributed by atoms with van der Waals surface area (Å²) in [6.07, 6.45) is 0. The maximum atomic E-state index is 11.8. The van der Waals surface area contributed by atoms with E-state index in [4.69, 9.17) is 0 Å². The molecule has 0 radical (unpaired) electrons. The van der Waals surface area contributed by atoms with E-state index in [9.17, 15) is 4.21 Å². The molecular weight excluding hydrogens is 226 g/mol. The van der Waals surface area contributed by atoms with Crippen molar-refractivity contribution in [3.63, 3.8) is 0 Å². The molecule has 0 aromatic heterocycles. The normalized spacial score (nSPS) is 13.0. The number of hydrogen-bond acceptors (Lipinski definition) is 2. The van der Waals surface area contributed by atoms with Gasteiger partial charge in [0.2, 0.25) is 0 Å². The molecule has 0 amide bonds. The van der Waals surface area contributed by atoms with E-state index < -0.39 is 10.0 Å². The second-order valence-electron chi connectivity index (χ2n) is 3.08. The minimum absolute atomic E-state index is 0.809. The molecule has 1 aromatic rings. The summed E-state index contributed by atoms with van der Waals surface area (Å²) in [6.45, 7) is 5.74. The third kappa shape index (κ3) is 4.36. The molecule has 84 valence electrons. The Balaban J connectivity index is 2.40. The van der Waals surface area contributed by atoms with Gasteiger partial charge in [-0.15, -0.1) is 0 Å². The van der Waals surface area contributed by atoms with Gasteiger partial charge in [-0.05, 0) is 16.4 Å². The third-order valence-corrected chi connectivity index (χ3v) is 5.27. The first kappa shape index (κ1) is 12.7. The molecule has 1 unspecified atom stereocenters. The highest BCUT2D eigenvalue weighted by atomic mass is 33.1. The zero-order valence-corrected chi connectivity index (χ0v) is 10.8. The molecule has 0 saturated heterocycles. The van der Waals surface area contributed by atoms with Crippen LogP contribution in [-0.2, 0) is 15.8 Å². The van der Waals surface area contributed by atoms with Gasteiger partial charge in [0.1, 0.15) is 0 Å². The molecule has 0 bridgehead atoms. The molecule has 0 heterocycles. The monoisotopic (exact) mass is 243 g/mol. The van der Waals surface area contributed by atoms with E-state index in [0.29, 0.717) is 0 Å². The summed E-state index contributed by atoms with van der Waals surface area (Å²) in [7, 11) is 0.577. The van der Waals surface area contributed by atoms with Gasteiger partial charge in [0.05, 0.1) is 0 Å². The van der Waals surface area contributed by atoms with Crippen molar-refractivity contribution in [1.82, 2.24) is 4.31 Å². The fourth-order valence-electron chi connectivity index (χ4n) is 1.20. The van der Waals surface area contributed by atoms with Crippen molar-refractivity contribution < 1.29 is 4.21 Å². The SMILES string of the molecule is CCN(CC)S(=O)SCc1ccccc1. The van der Waals surface area contributed by atoms with Gasteiger partial charge in [-0.25, -0.2) is 8.51 Å². The van der Waals surface area contributed by atoms with E-state index in [1.54, 1.807) is 0 Å². The smallest absolute Gasteiger partial charge is 0.156 e. The molecule has 1 aromatic carbocycles. The van der Waals surface area contributed by atoms with Gasteiger partial charge in [-0.1, -0.05) is 44.2 Å². The zero-order valence-electron chi connectivity index (χ0n) is 9.18. The lowest BCUT2D eigenvalue weighted by atomic mass is 10.2. The van der Waals surface area contributed by atoms with Gasteiger partial charge < -0.3 is 0 Å². The second kappa shape index (κ2) is 7.04. The Kier molecular flexibility index (Phi) is 5.98. The molecule has 0 spiro atoms. The summed E-state index contributed by atoms with van der Waals surface area (Å²) in [5.74, 6) is 0.809. The first-order chi connectivity index (χ1) is 7.27. The van der Waals surface area contributed by atoms with Gasteiger partial charge in [0.15, 0.2) is 10.0 Å². The van der Waals surface area contributed by atoms with Crippen LogP contribution in [0.1, 0.15) is 19.4 Å². The number of benzene rings is 1. The summed E-state index contributed by atoms with van der Waals surface area (Å²) >= 11 is 0. The van der Waals surface area contributed by atoms with Crippen molar-refractivity contribution in [2.24, 2.45) is 0 Å². The largest absolute Gasteiger partial charge is 0.231 e. The number of nitrogens with zero attached hydrogens (tertiary/aromatic N) is 1. The summed E-state index contributed by atoms with van der Waals surface area (Å²) in [5.41, 5.74) is 1.23. The Morgan fingerprint density at radius 2 is 1.80 bits per heavy atom. The summed E-state index contributed by atoms with van der Waals surface area (Å²) in [6, 6.07) is 10.1. The molecule has 0 fully saturated rings. The van der Waals surface area contributed by atoms with Crippen molar-refractivity contribution in [3.05, 3.63) is 35.9 Å². The lowest BCUT2D eigenvalue weighted by molar-refractivity contribution is 0.499. The van der Waals surface area contributed by atoms with Gasteiger partial charge in [-0.2, -0.15) is 0 Å². The Morgan fingerprint density at radius 1 is 1.20 bits per heavy atom. The predicted octanol–water partition coefficient (Wildman–Crippen LogP) is 2.84. The van der Waals surface area contributed by atoms with Crippen molar-refractivity contribution in [1.29, 1.82) is 0 Å². The van der Waals surface area contributed by atoms with Crippen LogP contribution < -0.4 is 0 Å². The number of rotatable bonds is 6. The van der Waals surface area contributed by atoms with Crippen molar-refractivity contribution in [2.45, 2.75) is 19.6 Å². The minimum atomic E-state index is -0.908. The van der Waals surface area contributed by atoms with E-state index in [2.05, 4.69) is 12.1 Å². The van der Waals surface area contributed by atoms with Crippen LogP contribution in [0.15, 0.2) is 30.3 Å². The Hall–Kier alpha value is -0.320. The minimum Gasteiger partial charge on any atom is -0.231 e. The average Bonchev–Trinajstić information content (AvgIpc) is 2.29. The van der Waals surface area contributed by atoms with Gasteiger partial charge in [0, 0.05) is 18.8 Å². The molecule has 0 N–H and O–H groups in total. The summed E-state index contributed by atoms with van der Waals surface area (Å²) < 4.78 is 13.7. The van der Waals surface area contributed by atoms with E-state index in [1.165, 1.54) is 16.4 Å². The van der Waals surface area contributed by atoms with Crippen LogP contribution in [0, 0.1) is 0 Å². The molecule has 0 aliphatic heterocycles. The standard InChI is InChI=1S/C11H17NOS2/c1-3-12(4-2)15(13)14-10-11-8-6-5-7-9-11/h5-9H,3-4,10H2,1-2H3. The fraction of sp³-hybridized carbons (Fsp3) is 0.455. The Bertz CT molecular complexity index is 299. The second-order valence-corrected chi connectivity index (χ2v) is 6.12. The third-order valence-electron chi connectivity index (χ3n) is 2.09. The van der Waals surface area contributed by atoms with Crippen LogP contribution in [0.4, 0.5) is 0 Å². The molecule has 2 nitrogen and oxygen atoms in total.